The largest absolute Gasteiger partial charge is 0.382 e. The molecule has 0 aromatic carbocycles. The number of nitrogens with two attached hydrogens (primary N) is 2. The molecule has 0 fully saturated rings. The summed E-state index contributed by atoms with van der Waals surface area (Å²) in [6.07, 6.45) is 1.57. The summed E-state index contributed by atoms with van der Waals surface area (Å²) >= 11 is 0. The third kappa shape index (κ3) is 3.81. The average molecular weight is 280 g/mol. The Morgan fingerprint density at radius 2 is 1.25 bits per heavy atom. The first-order valence-corrected chi connectivity index (χ1v) is 6.50. The molecule has 8 heteroatoms. The van der Waals surface area contributed by atoms with E-state index in [4.69, 9.17) is 11.5 Å². The van der Waals surface area contributed by atoms with Gasteiger partial charge in [0.05, 0.1) is 0 Å². The van der Waals surface area contributed by atoms with Gasteiger partial charge in [0.15, 0.2) is 23.0 Å². The first-order chi connectivity index (χ1) is 9.51. The van der Waals surface area contributed by atoms with Crippen molar-refractivity contribution < 1.29 is 9.59 Å². The van der Waals surface area contributed by atoms with Crippen molar-refractivity contribution in [3.05, 3.63) is 11.4 Å². The van der Waals surface area contributed by atoms with Crippen LogP contribution in [0.25, 0.3) is 0 Å². The lowest BCUT2D eigenvalue weighted by Crippen LogP contribution is -2.30. The summed E-state index contributed by atoms with van der Waals surface area (Å²) in [6, 6.07) is 0. The lowest BCUT2D eigenvalue weighted by Gasteiger charge is -2.09. The van der Waals surface area contributed by atoms with Crippen LogP contribution in [-0.2, 0) is 0 Å². The van der Waals surface area contributed by atoms with E-state index in [9.17, 15) is 9.59 Å². The predicted octanol–water partition coefficient (Wildman–Crippen LogP) is -0.0794. The fourth-order valence-corrected chi connectivity index (χ4v) is 1.44. The molecule has 8 nitrogen and oxygen atoms in total. The Hall–Kier alpha value is -2.38. The molecule has 0 saturated carbocycles. The minimum atomic E-state index is -0.455. The second-order valence-electron chi connectivity index (χ2n) is 4.20. The van der Waals surface area contributed by atoms with E-state index in [0.29, 0.717) is 13.1 Å². The van der Waals surface area contributed by atoms with Crippen LogP contribution in [0.15, 0.2) is 0 Å². The fourth-order valence-electron chi connectivity index (χ4n) is 1.44. The molecule has 0 radical (unpaired) electrons. The monoisotopic (exact) mass is 280 g/mol. The highest BCUT2D eigenvalue weighted by Crippen LogP contribution is 2.13. The highest BCUT2D eigenvalue weighted by Gasteiger charge is 2.19. The second kappa shape index (κ2) is 7.27. The summed E-state index contributed by atoms with van der Waals surface area (Å²) in [4.78, 5) is 31.3. The lowest BCUT2D eigenvalue weighted by molar-refractivity contribution is 0.0935. The molecule has 1 heterocycles. The molecule has 20 heavy (non-hydrogen) atoms. The molecule has 0 aliphatic rings. The topological polar surface area (TPSA) is 136 Å². The summed E-state index contributed by atoms with van der Waals surface area (Å²) < 4.78 is 0. The minimum absolute atomic E-state index is 0.0667. The van der Waals surface area contributed by atoms with Crippen molar-refractivity contribution in [3.8, 4) is 0 Å². The van der Waals surface area contributed by atoms with E-state index in [0.717, 1.165) is 12.8 Å². The number of aromatic nitrogens is 2. The van der Waals surface area contributed by atoms with Crippen molar-refractivity contribution in [3.63, 3.8) is 0 Å². The van der Waals surface area contributed by atoms with Crippen LogP contribution in [-0.4, -0.2) is 34.9 Å². The molecule has 110 valence electrons. The molecule has 0 aliphatic carbocycles. The van der Waals surface area contributed by atoms with Crippen LogP contribution in [0.4, 0.5) is 11.6 Å². The molecule has 0 aliphatic heterocycles. The quantitative estimate of drug-likeness (QED) is 0.575. The number of nitrogens with zero attached hydrogens (tertiary/aromatic N) is 2. The van der Waals surface area contributed by atoms with Crippen LogP contribution in [0, 0.1) is 0 Å². The van der Waals surface area contributed by atoms with Gasteiger partial charge in [0.25, 0.3) is 11.8 Å². The molecule has 1 aromatic heterocycles. The molecule has 0 unspecified atom stereocenters. The Kier molecular flexibility index (Phi) is 5.70. The Morgan fingerprint density at radius 1 is 0.900 bits per heavy atom. The van der Waals surface area contributed by atoms with Crippen molar-refractivity contribution in [1.29, 1.82) is 0 Å². The van der Waals surface area contributed by atoms with Gasteiger partial charge in [-0.15, -0.1) is 0 Å². The summed E-state index contributed by atoms with van der Waals surface area (Å²) in [6.45, 7) is 4.84. The van der Waals surface area contributed by atoms with Gasteiger partial charge in [-0.25, -0.2) is 9.97 Å². The number of hydrogen-bond donors (Lipinski definition) is 4. The lowest BCUT2D eigenvalue weighted by atomic mass is 10.3. The van der Waals surface area contributed by atoms with Gasteiger partial charge in [0.2, 0.25) is 0 Å². The van der Waals surface area contributed by atoms with Crippen LogP contribution in [0.1, 0.15) is 47.7 Å². The zero-order chi connectivity index (χ0) is 15.1. The highest BCUT2D eigenvalue weighted by molar-refractivity contribution is 6.00. The summed E-state index contributed by atoms with van der Waals surface area (Å²) in [5.41, 5.74) is 11.2. The molecule has 6 N–H and O–H groups in total. The third-order valence-corrected chi connectivity index (χ3v) is 2.45. The average Bonchev–Trinajstić information content (AvgIpc) is 2.44. The Labute approximate surface area is 117 Å². The normalized spacial score (nSPS) is 10.1. The van der Waals surface area contributed by atoms with Gasteiger partial charge in [0.1, 0.15) is 0 Å². The predicted molar refractivity (Wildman–Crippen MR) is 76.1 cm³/mol. The number of carbonyl (C=O) groups excluding carboxylic acids is 2. The van der Waals surface area contributed by atoms with E-state index in [1.165, 1.54) is 0 Å². The summed E-state index contributed by atoms with van der Waals surface area (Å²) in [7, 11) is 0. The van der Waals surface area contributed by atoms with Gasteiger partial charge in [0, 0.05) is 13.1 Å². The maximum absolute atomic E-state index is 11.8. The fraction of sp³-hybridized carbons (Fsp3) is 0.500. The molecule has 0 spiro atoms. The summed E-state index contributed by atoms with van der Waals surface area (Å²) in [5, 5.41) is 5.24. The molecule has 0 saturated heterocycles. The van der Waals surface area contributed by atoms with E-state index < -0.39 is 11.8 Å². The van der Waals surface area contributed by atoms with Gasteiger partial charge in [-0.2, -0.15) is 0 Å². The van der Waals surface area contributed by atoms with Crippen molar-refractivity contribution >= 4 is 23.5 Å². The Morgan fingerprint density at radius 3 is 1.55 bits per heavy atom. The zero-order valence-corrected chi connectivity index (χ0v) is 11.7. The number of nitrogens with one attached hydrogen (secondary N) is 2. The van der Waals surface area contributed by atoms with Gasteiger partial charge in [-0.1, -0.05) is 13.8 Å². The second-order valence-corrected chi connectivity index (χ2v) is 4.20. The van der Waals surface area contributed by atoms with E-state index >= 15 is 0 Å². The Balaban J connectivity index is 2.96. The van der Waals surface area contributed by atoms with E-state index in [1.54, 1.807) is 0 Å². The van der Waals surface area contributed by atoms with Crippen LogP contribution in [0.2, 0.25) is 0 Å². The number of nitrogen functional groups attached to an aromatic ring is 2. The molecular formula is C12H20N6O2. The molecule has 0 bridgehead atoms. The summed E-state index contributed by atoms with van der Waals surface area (Å²) in [5.74, 6) is -1.14. The minimum Gasteiger partial charge on any atom is -0.382 e. The molecular weight excluding hydrogens is 260 g/mol. The smallest absolute Gasteiger partial charge is 0.273 e. The molecule has 1 aromatic rings. The van der Waals surface area contributed by atoms with Crippen molar-refractivity contribution in [2.75, 3.05) is 24.6 Å². The van der Waals surface area contributed by atoms with E-state index in [-0.39, 0.29) is 23.0 Å². The van der Waals surface area contributed by atoms with Gasteiger partial charge < -0.3 is 22.1 Å². The van der Waals surface area contributed by atoms with E-state index in [2.05, 4.69) is 20.6 Å². The standard InChI is InChI=1S/C12H20N6O2/c1-3-5-15-11(19)7-9(13)18-8(10(14)17-7)12(20)16-6-4-2/h3-6H2,1-2H3,(H2,14,17)(H2,13,18)(H,15,19)(H,16,20). The van der Waals surface area contributed by atoms with Crippen molar-refractivity contribution in [2.45, 2.75) is 26.7 Å². The molecule has 1 rings (SSSR count). The number of carbonyl (C=O) groups is 2. The van der Waals surface area contributed by atoms with Crippen LogP contribution >= 0.6 is 0 Å². The van der Waals surface area contributed by atoms with Gasteiger partial charge >= 0.3 is 0 Å². The zero-order valence-electron chi connectivity index (χ0n) is 11.7. The maximum Gasteiger partial charge on any atom is 0.273 e. The van der Waals surface area contributed by atoms with Crippen molar-refractivity contribution in [2.24, 2.45) is 0 Å². The van der Waals surface area contributed by atoms with Gasteiger partial charge in [-0.05, 0) is 12.8 Å². The highest BCUT2D eigenvalue weighted by atomic mass is 16.2. The van der Waals surface area contributed by atoms with Crippen molar-refractivity contribution in [1.82, 2.24) is 20.6 Å². The van der Waals surface area contributed by atoms with Crippen LogP contribution < -0.4 is 22.1 Å². The molecule has 2 amide bonds. The van der Waals surface area contributed by atoms with Crippen LogP contribution in [0.3, 0.4) is 0 Å². The number of amides is 2. The first kappa shape index (κ1) is 15.7. The Bertz CT molecular complexity index is 457. The third-order valence-electron chi connectivity index (χ3n) is 2.45. The SMILES string of the molecule is CCCNC(=O)c1nc(N)c(C(=O)NCCC)nc1N. The number of anilines is 2. The molecule has 0 atom stereocenters. The number of hydrogen-bond acceptors (Lipinski definition) is 6. The number of rotatable bonds is 6. The first-order valence-electron chi connectivity index (χ1n) is 6.50. The van der Waals surface area contributed by atoms with E-state index in [1.807, 2.05) is 13.8 Å². The van der Waals surface area contributed by atoms with Gasteiger partial charge in [-0.3, -0.25) is 9.59 Å². The van der Waals surface area contributed by atoms with Crippen LogP contribution in [0.5, 0.6) is 0 Å². The maximum atomic E-state index is 11.8.